The van der Waals surface area contributed by atoms with E-state index in [2.05, 4.69) is 0 Å². The van der Waals surface area contributed by atoms with Crippen molar-refractivity contribution < 1.29 is 27.1 Å². The molecule has 0 saturated carbocycles. The number of para-hydroxylation sites is 1. The standard InChI is InChI=1S/C12H10F4O2/c13-8-3-1-2-7-6-10(18-11(7)8)9(17)4-5-12(14,15)16/h1-3,6,9,17H,4-5H2. The molecule has 0 spiro atoms. The van der Waals surface area contributed by atoms with Crippen molar-refractivity contribution in [1.29, 1.82) is 0 Å². The summed E-state index contributed by atoms with van der Waals surface area (Å²) in [6, 6.07) is 5.54. The zero-order chi connectivity index (χ0) is 13.3. The van der Waals surface area contributed by atoms with E-state index in [1.807, 2.05) is 0 Å². The van der Waals surface area contributed by atoms with E-state index in [1.54, 1.807) is 6.07 Å². The molecule has 1 aromatic heterocycles. The first-order chi connectivity index (χ1) is 8.37. The van der Waals surface area contributed by atoms with Crippen LogP contribution in [0.15, 0.2) is 28.7 Å². The van der Waals surface area contributed by atoms with E-state index in [0.717, 1.165) is 0 Å². The number of fused-ring (bicyclic) bond motifs is 1. The van der Waals surface area contributed by atoms with Crippen molar-refractivity contribution >= 4 is 11.0 Å². The highest BCUT2D eigenvalue weighted by atomic mass is 19.4. The second-order valence-electron chi connectivity index (χ2n) is 3.98. The monoisotopic (exact) mass is 262 g/mol. The van der Waals surface area contributed by atoms with Crippen LogP contribution in [0.2, 0.25) is 0 Å². The second kappa shape index (κ2) is 4.61. The van der Waals surface area contributed by atoms with Gasteiger partial charge in [-0.3, -0.25) is 0 Å². The van der Waals surface area contributed by atoms with Gasteiger partial charge in [-0.2, -0.15) is 13.2 Å². The lowest BCUT2D eigenvalue weighted by Gasteiger charge is -2.09. The first-order valence-corrected chi connectivity index (χ1v) is 5.29. The maximum atomic E-state index is 13.3. The number of hydrogen-bond acceptors (Lipinski definition) is 2. The quantitative estimate of drug-likeness (QED) is 0.850. The number of aliphatic hydroxyl groups is 1. The summed E-state index contributed by atoms with van der Waals surface area (Å²) >= 11 is 0. The van der Waals surface area contributed by atoms with Crippen LogP contribution in [0.1, 0.15) is 24.7 Å². The van der Waals surface area contributed by atoms with Crippen LogP contribution in [0.25, 0.3) is 11.0 Å². The van der Waals surface area contributed by atoms with Gasteiger partial charge in [-0.1, -0.05) is 12.1 Å². The van der Waals surface area contributed by atoms with Crippen LogP contribution in [-0.2, 0) is 0 Å². The highest BCUT2D eigenvalue weighted by Gasteiger charge is 2.29. The smallest absolute Gasteiger partial charge is 0.389 e. The lowest BCUT2D eigenvalue weighted by molar-refractivity contribution is -0.140. The van der Waals surface area contributed by atoms with Crippen LogP contribution >= 0.6 is 0 Å². The zero-order valence-corrected chi connectivity index (χ0v) is 9.17. The molecule has 1 heterocycles. The minimum atomic E-state index is -4.34. The highest BCUT2D eigenvalue weighted by molar-refractivity contribution is 5.78. The molecule has 1 aromatic carbocycles. The lowest BCUT2D eigenvalue weighted by atomic mass is 10.1. The summed E-state index contributed by atoms with van der Waals surface area (Å²) in [5.74, 6) is -0.666. The Balaban J connectivity index is 2.18. The van der Waals surface area contributed by atoms with Gasteiger partial charge < -0.3 is 9.52 Å². The average molecular weight is 262 g/mol. The molecule has 18 heavy (non-hydrogen) atoms. The van der Waals surface area contributed by atoms with Gasteiger partial charge in [0.1, 0.15) is 11.9 Å². The van der Waals surface area contributed by atoms with Crippen molar-refractivity contribution in [3.63, 3.8) is 0 Å². The molecule has 6 heteroatoms. The number of aliphatic hydroxyl groups excluding tert-OH is 1. The van der Waals surface area contributed by atoms with Crippen LogP contribution in [0, 0.1) is 5.82 Å². The third kappa shape index (κ3) is 2.81. The summed E-state index contributed by atoms with van der Waals surface area (Å²) in [7, 11) is 0. The number of halogens is 4. The minimum absolute atomic E-state index is 0.0562. The van der Waals surface area contributed by atoms with Crippen LogP contribution in [0.3, 0.4) is 0 Å². The van der Waals surface area contributed by atoms with Crippen molar-refractivity contribution in [3.05, 3.63) is 35.8 Å². The van der Waals surface area contributed by atoms with Gasteiger partial charge in [0.15, 0.2) is 11.4 Å². The topological polar surface area (TPSA) is 33.4 Å². The third-order valence-corrected chi connectivity index (χ3v) is 2.54. The molecule has 0 bridgehead atoms. The maximum absolute atomic E-state index is 13.3. The molecule has 0 aliphatic rings. The maximum Gasteiger partial charge on any atom is 0.389 e. The predicted octanol–water partition coefficient (Wildman–Crippen LogP) is 3.95. The highest BCUT2D eigenvalue weighted by Crippen LogP contribution is 2.31. The van der Waals surface area contributed by atoms with E-state index in [1.165, 1.54) is 18.2 Å². The molecule has 0 aliphatic carbocycles. The fraction of sp³-hybridized carbons (Fsp3) is 0.333. The summed E-state index contributed by atoms with van der Waals surface area (Å²) in [6.45, 7) is 0. The Hall–Kier alpha value is -1.56. The Morgan fingerprint density at radius 2 is 2.00 bits per heavy atom. The fourth-order valence-corrected chi connectivity index (χ4v) is 1.65. The first kappa shape index (κ1) is 12.9. The Kier molecular flexibility index (Phi) is 3.30. The second-order valence-corrected chi connectivity index (χ2v) is 3.98. The molecule has 98 valence electrons. The minimum Gasteiger partial charge on any atom is -0.455 e. The van der Waals surface area contributed by atoms with Crippen LogP contribution in [0.5, 0.6) is 0 Å². The molecule has 2 rings (SSSR count). The van der Waals surface area contributed by atoms with Crippen LogP contribution < -0.4 is 0 Å². The van der Waals surface area contributed by atoms with Crippen molar-refractivity contribution in [2.24, 2.45) is 0 Å². The number of alkyl halides is 3. The Morgan fingerprint density at radius 1 is 1.28 bits per heavy atom. The first-order valence-electron chi connectivity index (χ1n) is 5.29. The summed E-state index contributed by atoms with van der Waals surface area (Å²) in [6.07, 6.45) is -7.35. The number of hydrogen-bond donors (Lipinski definition) is 1. The summed E-state index contributed by atoms with van der Waals surface area (Å²) in [5.41, 5.74) is -0.0569. The van der Waals surface area contributed by atoms with Crippen LogP contribution in [0.4, 0.5) is 17.6 Å². The summed E-state index contributed by atoms with van der Waals surface area (Å²) in [4.78, 5) is 0. The molecule has 0 saturated heterocycles. The van der Waals surface area contributed by atoms with Gasteiger partial charge in [-0.05, 0) is 18.6 Å². The number of benzene rings is 1. The SMILES string of the molecule is OC(CCC(F)(F)F)c1cc2cccc(F)c2o1. The van der Waals surface area contributed by atoms with Crippen molar-refractivity contribution in [1.82, 2.24) is 0 Å². The average Bonchev–Trinajstić information content (AvgIpc) is 2.70. The summed E-state index contributed by atoms with van der Waals surface area (Å²) in [5, 5.41) is 9.97. The van der Waals surface area contributed by atoms with Gasteiger partial charge >= 0.3 is 6.18 Å². The largest absolute Gasteiger partial charge is 0.455 e. The van der Waals surface area contributed by atoms with Gasteiger partial charge in [0, 0.05) is 11.8 Å². The van der Waals surface area contributed by atoms with Crippen molar-refractivity contribution in [2.45, 2.75) is 25.1 Å². The number of rotatable bonds is 3. The van der Waals surface area contributed by atoms with E-state index >= 15 is 0 Å². The van der Waals surface area contributed by atoms with E-state index in [9.17, 15) is 22.7 Å². The molecular weight excluding hydrogens is 252 g/mol. The molecule has 1 unspecified atom stereocenters. The fourth-order valence-electron chi connectivity index (χ4n) is 1.65. The Labute approximate surface area is 99.8 Å². The van der Waals surface area contributed by atoms with Crippen molar-refractivity contribution in [3.8, 4) is 0 Å². The van der Waals surface area contributed by atoms with E-state index in [-0.39, 0.29) is 11.3 Å². The molecule has 1 atom stereocenters. The van der Waals surface area contributed by atoms with E-state index in [4.69, 9.17) is 4.42 Å². The van der Waals surface area contributed by atoms with Gasteiger partial charge in [-0.15, -0.1) is 0 Å². The third-order valence-electron chi connectivity index (χ3n) is 2.54. The molecule has 0 aliphatic heterocycles. The van der Waals surface area contributed by atoms with E-state index < -0.39 is 30.9 Å². The Morgan fingerprint density at radius 3 is 2.61 bits per heavy atom. The summed E-state index contributed by atoms with van der Waals surface area (Å²) < 4.78 is 54.3. The van der Waals surface area contributed by atoms with Crippen molar-refractivity contribution in [2.75, 3.05) is 0 Å². The lowest BCUT2D eigenvalue weighted by Crippen LogP contribution is -2.09. The van der Waals surface area contributed by atoms with E-state index in [0.29, 0.717) is 5.39 Å². The molecular formula is C12H10F4O2. The molecule has 0 radical (unpaired) electrons. The van der Waals surface area contributed by atoms with Gasteiger partial charge in [0.25, 0.3) is 0 Å². The molecule has 2 nitrogen and oxygen atoms in total. The normalized spacial score (nSPS) is 14.1. The molecule has 0 amide bonds. The van der Waals surface area contributed by atoms with Crippen LogP contribution in [-0.4, -0.2) is 11.3 Å². The predicted molar refractivity (Wildman–Crippen MR) is 56.4 cm³/mol. The molecule has 1 N–H and O–H groups in total. The van der Waals surface area contributed by atoms with Gasteiger partial charge in [0.05, 0.1) is 0 Å². The van der Waals surface area contributed by atoms with Gasteiger partial charge in [-0.25, -0.2) is 4.39 Å². The Bertz CT molecular complexity index is 544. The molecule has 2 aromatic rings. The van der Waals surface area contributed by atoms with Gasteiger partial charge in [0.2, 0.25) is 0 Å². The molecule has 0 fully saturated rings. The number of furan rings is 1. The zero-order valence-electron chi connectivity index (χ0n) is 9.17.